The molecule has 1 saturated heterocycles. The number of rotatable bonds is 3. The molecule has 2 aliphatic rings. The van der Waals surface area contributed by atoms with Crippen molar-refractivity contribution in [3.05, 3.63) is 63.9 Å². The first-order chi connectivity index (χ1) is 15.0. The Morgan fingerprint density at radius 1 is 1.03 bits per heavy atom. The number of benzene rings is 1. The van der Waals surface area contributed by atoms with Crippen LogP contribution in [0.25, 0.3) is 0 Å². The average Bonchev–Trinajstić information content (AvgIpc) is 2.82. The maximum absolute atomic E-state index is 13.3. The monoisotopic (exact) mass is 440 g/mol. The van der Waals surface area contributed by atoms with E-state index in [9.17, 15) is 14.4 Å². The van der Waals surface area contributed by atoms with Crippen molar-refractivity contribution >= 4 is 29.3 Å². The molecule has 1 N–H and O–H groups in total. The summed E-state index contributed by atoms with van der Waals surface area (Å²) in [4.78, 5) is 45.8. The Kier molecular flexibility index (Phi) is 6.23. The summed E-state index contributed by atoms with van der Waals surface area (Å²) in [6, 6.07) is 7.35. The largest absolute Gasteiger partial charge is 0.359 e. The van der Waals surface area contributed by atoms with Crippen molar-refractivity contribution in [2.75, 3.05) is 26.7 Å². The quantitative estimate of drug-likeness (QED) is 0.795. The summed E-state index contributed by atoms with van der Waals surface area (Å²) in [5.41, 5.74) is 2.98. The number of amides is 3. The van der Waals surface area contributed by atoms with Gasteiger partial charge >= 0.3 is 0 Å². The molecular formula is C23H25ClN4O3. The van der Waals surface area contributed by atoms with Crippen LogP contribution >= 0.6 is 11.6 Å². The van der Waals surface area contributed by atoms with Crippen LogP contribution in [0.5, 0.6) is 0 Å². The number of hydrogen-bond acceptors (Lipinski definition) is 4. The Bertz CT molecular complexity index is 1020. The number of carbonyl (C=O) groups is 3. The highest BCUT2D eigenvalue weighted by molar-refractivity contribution is 6.33. The van der Waals surface area contributed by atoms with Gasteiger partial charge in [-0.2, -0.15) is 0 Å². The van der Waals surface area contributed by atoms with E-state index in [0.717, 1.165) is 11.1 Å². The minimum absolute atomic E-state index is 0.0346. The van der Waals surface area contributed by atoms with Crippen LogP contribution in [0, 0.1) is 5.92 Å². The van der Waals surface area contributed by atoms with E-state index in [2.05, 4.69) is 10.3 Å². The minimum Gasteiger partial charge on any atom is -0.359 e. The fraction of sp³-hybridized carbons (Fsp3) is 0.391. The highest BCUT2D eigenvalue weighted by Crippen LogP contribution is 2.27. The Balaban J connectivity index is 1.52. The van der Waals surface area contributed by atoms with Crippen molar-refractivity contribution in [3.63, 3.8) is 0 Å². The van der Waals surface area contributed by atoms with Crippen LogP contribution in [0.1, 0.15) is 44.7 Å². The molecule has 2 aromatic rings. The molecule has 8 heteroatoms. The zero-order chi connectivity index (χ0) is 22.0. The number of aromatic nitrogens is 1. The van der Waals surface area contributed by atoms with Crippen LogP contribution in [0.3, 0.4) is 0 Å². The number of nitrogens with one attached hydrogen (secondary N) is 1. The molecular weight excluding hydrogens is 416 g/mol. The van der Waals surface area contributed by atoms with E-state index < -0.39 is 0 Å². The molecule has 1 aromatic carbocycles. The summed E-state index contributed by atoms with van der Waals surface area (Å²) in [6.45, 7) is 2.02. The molecule has 31 heavy (non-hydrogen) atoms. The van der Waals surface area contributed by atoms with Crippen LogP contribution in [0.15, 0.2) is 36.7 Å². The zero-order valence-electron chi connectivity index (χ0n) is 17.4. The van der Waals surface area contributed by atoms with Crippen LogP contribution in [0.4, 0.5) is 0 Å². The highest BCUT2D eigenvalue weighted by Gasteiger charge is 2.31. The lowest BCUT2D eigenvalue weighted by molar-refractivity contribution is -0.125. The second kappa shape index (κ2) is 9.06. The summed E-state index contributed by atoms with van der Waals surface area (Å²) in [5, 5.41) is 3.06. The number of halogens is 1. The molecule has 7 nitrogen and oxygen atoms in total. The molecule has 2 aliphatic heterocycles. The predicted molar refractivity (Wildman–Crippen MR) is 117 cm³/mol. The van der Waals surface area contributed by atoms with E-state index >= 15 is 0 Å². The first-order valence-electron chi connectivity index (χ1n) is 10.5. The third-order valence-corrected chi connectivity index (χ3v) is 6.52. The van der Waals surface area contributed by atoms with Gasteiger partial charge in [0.2, 0.25) is 5.91 Å². The summed E-state index contributed by atoms with van der Waals surface area (Å²) in [5.74, 6) is -0.234. The molecule has 0 unspecified atom stereocenters. The lowest BCUT2D eigenvalue weighted by atomic mass is 9.92. The van der Waals surface area contributed by atoms with E-state index in [-0.39, 0.29) is 23.6 Å². The first kappa shape index (κ1) is 21.3. The van der Waals surface area contributed by atoms with Gasteiger partial charge in [0.05, 0.1) is 10.6 Å². The Hall–Kier alpha value is -2.93. The van der Waals surface area contributed by atoms with E-state index in [1.54, 1.807) is 24.2 Å². The number of piperidine rings is 1. The molecule has 0 aliphatic carbocycles. The minimum atomic E-state index is -0.183. The van der Waals surface area contributed by atoms with Gasteiger partial charge in [-0.15, -0.1) is 0 Å². The van der Waals surface area contributed by atoms with Gasteiger partial charge in [-0.3, -0.25) is 19.4 Å². The first-order valence-corrected chi connectivity index (χ1v) is 10.9. The number of carbonyl (C=O) groups excluding carboxylic acids is 3. The molecule has 1 fully saturated rings. The fourth-order valence-electron chi connectivity index (χ4n) is 4.38. The van der Waals surface area contributed by atoms with Crippen LogP contribution in [0.2, 0.25) is 5.02 Å². The molecule has 1 aromatic heterocycles. The number of hydrogen-bond donors (Lipinski definition) is 1. The van der Waals surface area contributed by atoms with E-state index in [0.29, 0.717) is 61.6 Å². The Morgan fingerprint density at radius 3 is 2.48 bits per heavy atom. The normalized spacial score (nSPS) is 16.6. The Morgan fingerprint density at radius 2 is 1.77 bits per heavy atom. The maximum atomic E-state index is 13.3. The fourth-order valence-corrected chi connectivity index (χ4v) is 4.57. The van der Waals surface area contributed by atoms with Gasteiger partial charge in [0.25, 0.3) is 11.8 Å². The lowest BCUT2D eigenvalue weighted by Gasteiger charge is -2.34. The van der Waals surface area contributed by atoms with Crippen molar-refractivity contribution < 1.29 is 14.4 Å². The molecule has 162 valence electrons. The second-order valence-corrected chi connectivity index (χ2v) is 8.36. The summed E-state index contributed by atoms with van der Waals surface area (Å²) >= 11 is 6.19. The van der Waals surface area contributed by atoms with E-state index in [4.69, 9.17) is 11.6 Å². The third-order valence-electron chi connectivity index (χ3n) is 6.19. The second-order valence-electron chi connectivity index (χ2n) is 7.96. The molecule has 0 saturated carbocycles. The van der Waals surface area contributed by atoms with Crippen LogP contribution in [-0.2, 0) is 17.8 Å². The highest BCUT2D eigenvalue weighted by atomic mass is 35.5. The van der Waals surface area contributed by atoms with E-state index in [1.807, 2.05) is 23.1 Å². The molecule has 3 amide bonds. The van der Waals surface area contributed by atoms with Gasteiger partial charge in [-0.25, -0.2) is 0 Å². The van der Waals surface area contributed by atoms with Crippen molar-refractivity contribution in [1.82, 2.24) is 20.1 Å². The number of likely N-dealkylation sites (tertiary alicyclic amines) is 1. The number of nitrogens with zero attached hydrogens (tertiary/aromatic N) is 3. The summed E-state index contributed by atoms with van der Waals surface area (Å²) in [6.07, 6.45) is 5.02. The van der Waals surface area contributed by atoms with Gasteiger partial charge in [0, 0.05) is 57.1 Å². The van der Waals surface area contributed by atoms with Gasteiger partial charge < -0.3 is 15.1 Å². The van der Waals surface area contributed by atoms with Gasteiger partial charge in [0.1, 0.15) is 0 Å². The molecule has 0 spiro atoms. The van der Waals surface area contributed by atoms with Gasteiger partial charge in [-0.1, -0.05) is 23.7 Å². The summed E-state index contributed by atoms with van der Waals surface area (Å²) < 4.78 is 0. The molecule has 3 heterocycles. The number of pyridine rings is 1. The van der Waals surface area contributed by atoms with Crippen molar-refractivity contribution in [2.24, 2.45) is 5.92 Å². The zero-order valence-corrected chi connectivity index (χ0v) is 18.2. The number of fused-ring (bicyclic) bond motifs is 1. The Labute approximate surface area is 186 Å². The molecule has 0 bridgehead atoms. The molecule has 4 rings (SSSR count). The standard InChI is InChI=1S/C23H25ClN4O3/c1-25-21(29)16-7-10-27(11-8-16)22(30)17-4-2-3-15-6-12-28(14-19(15)17)23(31)18-13-26-9-5-20(18)24/h2-5,9,13,16H,6-8,10-12,14H2,1H3,(H,25,29). The van der Waals surface area contributed by atoms with Crippen molar-refractivity contribution in [1.29, 1.82) is 0 Å². The topological polar surface area (TPSA) is 82.6 Å². The predicted octanol–water partition coefficient (Wildman–Crippen LogP) is 2.53. The maximum Gasteiger partial charge on any atom is 0.257 e. The third kappa shape index (κ3) is 4.28. The smallest absolute Gasteiger partial charge is 0.257 e. The van der Waals surface area contributed by atoms with Crippen LogP contribution < -0.4 is 5.32 Å². The average molecular weight is 441 g/mol. The molecule has 0 atom stereocenters. The summed E-state index contributed by atoms with van der Waals surface area (Å²) in [7, 11) is 1.64. The van der Waals surface area contributed by atoms with Gasteiger partial charge in [-0.05, 0) is 42.5 Å². The van der Waals surface area contributed by atoms with Crippen molar-refractivity contribution in [3.8, 4) is 0 Å². The van der Waals surface area contributed by atoms with E-state index in [1.165, 1.54) is 6.20 Å². The SMILES string of the molecule is CNC(=O)C1CCN(C(=O)c2cccc3c2CN(C(=O)c2cnccc2Cl)CC3)CC1. The van der Waals surface area contributed by atoms with Crippen LogP contribution in [-0.4, -0.2) is 59.2 Å². The van der Waals surface area contributed by atoms with Crippen molar-refractivity contribution in [2.45, 2.75) is 25.8 Å². The lowest BCUT2D eigenvalue weighted by Crippen LogP contribution is -2.43. The molecule has 0 radical (unpaired) electrons. The van der Waals surface area contributed by atoms with Gasteiger partial charge in [0.15, 0.2) is 0 Å².